The molecule has 0 bridgehead atoms. The van der Waals surface area contributed by atoms with Crippen LogP contribution >= 0.6 is 0 Å². The van der Waals surface area contributed by atoms with Gasteiger partial charge in [0.05, 0.1) is 6.61 Å². The van der Waals surface area contributed by atoms with Gasteiger partial charge in [0.15, 0.2) is 0 Å². The Bertz CT molecular complexity index is 360. The van der Waals surface area contributed by atoms with Crippen molar-refractivity contribution in [3.05, 3.63) is 0 Å². The Morgan fingerprint density at radius 3 is 2.79 bits per heavy atom. The number of carbonyl (C=O) groups is 3. The van der Waals surface area contributed by atoms with E-state index in [1.165, 1.54) is 12.0 Å². The maximum atomic E-state index is 12.2. The molecule has 0 aromatic rings. The number of hydrogen-bond donors (Lipinski definition) is 2. The highest BCUT2D eigenvalue weighted by molar-refractivity contribution is 5.90. The van der Waals surface area contributed by atoms with E-state index in [1.54, 1.807) is 6.92 Å². The first-order valence-electron chi connectivity index (χ1n) is 6.05. The highest BCUT2D eigenvalue weighted by Gasteiger charge is 2.36. The third-order valence-corrected chi connectivity index (χ3v) is 2.93. The minimum Gasteiger partial charge on any atom is -0.480 e. The fourth-order valence-electron chi connectivity index (χ4n) is 1.84. The van der Waals surface area contributed by atoms with Crippen molar-refractivity contribution in [1.82, 2.24) is 15.1 Å². The molecule has 3 amide bonds. The number of likely N-dealkylation sites (N-methyl/N-ethyl adjacent to an activating group) is 1. The molecule has 0 saturated carbocycles. The van der Waals surface area contributed by atoms with Gasteiger partial charge in [-0.1, -0.05) is 0 Å². The molecule has 108 valence electrons. The average molecular weight is 273 g/mol. The van der Waals surface area contributed by atoms with Crippen LogP contribution in [-0.2, 0) is 14.3 Å². The molecule has 0 spiro atoms. The second-order valence-corrected chi connectivity index (χ2v) is 4.14. The zero-order valence-electron chi connectivity index (χ0n) is 11.1. The van der Waals surface area contributed by atoms with Gasteiger partial charge in [-0.05, 0) is 6.92 Å². The molecule has 1 atom stereocenters. The minimum absolute atomic E-state index is 0.0677. The SMILES string of the molecule is CCN(CCOC)C(=O)N1CC(=O)NCC1C(=O)O. The molecular formula is C11H19N3O5. The Balaban J connectivity index is 2.79. The molecule has 0 radical (unpaired) electrons. The molecule has 1 fully saturated rings. The lowest BCUT2D eigenvalue weighted by molar-refractivity contribution is -0.144. The highest BCUT2D eigenvalue weighted by atomic mass is 16.5. The summed E-state index contributed by atoms with van der Waals surface area (Å²) < 4.78 is 4.90. The summed E-state index contributed by atoms with van der Waals surface area (Å²) in [6, 6.07) is -1.48. The van der Waals surface area contributed by atoms with Crippen molar-refractivity contribution in [3.8, 4) is 0 Å². The van der Waals surface area contributed by atoms with Gasteiger partial charge < -0.3 is 20.1 Å². The number of amides is 3. The van der Waals surface area contributed by atoms with E-state index in [1.807, 2.05) is 0 Å². The normalized spacial score (nSPS) is 18.9. The summed E-state index contributed by atoms with van der Waals surface area (Å²) in [5.74, 6) is -1.48. The summed E-state index contributed by atoms with van der Waals surface area (Å²) in [4.78, 5) is 37.2. The summed E-state index contributed by atoms with van der Waals surface area (Å²) in [6.45, 7) is 2.62. The van der Waals surface area contributed by atoms with Crippen LogP contribution in [0.4, 0.5) is 4.79 Å². The van der Waals surface area contributed by atoms with Gasteiger partial charge in [0.25, 0.3) is 0 Å². The van der Waals surface area contributed by atoms with Crippen molar-refractivity contribution >= 4 is 17.9 Å². The van der Waals surface area contributed by atoms with Crippen molar-refractivity contribution in [1.29, 1.82) is 0 Å². The summed E-state index contributed by atoms with van der Waals surface area (Å²) in [5, 5.41) is 11.5. The Kier molecular flexibility index (Phi) is 5.56. The van der Waals surface area contributed by atoms with Crippen LogP contribution in [0.1, 0.15) is 6.92 Å². The van der Waals surface area contributed by atoms with E-state index in [9.17, 15) is 14.4 Å². The molecule has 8 heteroatoms. The third-order valence-electron chi connectivity index (χ3n) is 2.93. The molecule has 8 nitrogen and oxygen atoms in total. The molecule has 0 aliphatic carbocycles. The number of urea groups is 1. The summed E-state index contributed by atoms with van der Waals surface area (Å²) in [6.07, 6.45) is 0. The molecule has 2 N–H and O–H groups in total. The minimum atomic E-state index is -1.13. The van der Waals surface area contributed by atoms with E-state index >= 15 is 0 Å². The quantitative estimate of drug-likeness (QED) is 0.666. The Morgan fingerprint density at radius 1 is 1.58 bits per heavy atom. The van der Waals surface area contributed by atoms with Gasteiger partial charge in [0.2, 0.25) is 5.91 Å². The Hall–Kier alpha value is -1.83. The number of hydrogen-bond acceptors (Lipinski definition) is 4. The van der Waals surface area contributed by atoms with Crippen LogP contribution < -0.4 is 5.32 Å². The lowest BCUT2D eigenvalue weighted by Crippen LogP contribution is -2.62. The molecule has 1 rings (SSSR count). The number of methoxy groups -OCH3 is 1. The monoisotopic (exact) mass is 273 g/mol. The molecule has 1 saturated heterocycles. The summed E-state index contributed by atoms with van der Waals surface area (Å²) in [5.41, 5.74) is 0. The lowest BCUT2D eigenvalue weighted by atomic mass is 10.2. The van der Waals surface area contributed by atoms with E-state index in [2.05, 4.69) is 5.32 Å². The van der Waals surface area contributed by atoms with Gasteiger partial charge in [-0.3, -0.25) is 9.69 Å². The van der Waals surface area contributed by atoms with Gasteiger partial charge in [0.1, 0.15) is 12.6 Å². The van der Waals surface area contributed by atoms with Gasteiger partial charge in [-0.15, -0.1) is 0 Å². The molecular weight excluding hydrogens is 254 g/mol. The number of carboxylic acid groups (broad SMARTS) is 1. The van der Waals surface area contributed by atoms with Crippen molar-refractivity contribution in [3.63, 3.8) is 0 Å². The summed E-state index contributed by atoms with van der Waals surface area (Å²) in [7, 11) is 1.52. The van der Waals surface area contributed by atoms with E-state index in [-0.39, 0.29) is 19.0 Å². The van der Waals surface area contributed by atoms with E-state index < -0.39 is 18.0 Å². The van der Waals surface area contributed by atoms with Crippen molar-refractivity contribution in [2.75, 3.05) is 39.9 Å². The third kappa shape index (κ3) is 3.82. The van der Waals surface area contributed by atoms with Crippen LogP contribution in [0.2, 0.25) is 0 Å². The standard InChI is InChI=1S/C11H19N3O5/c1-3-13(4-5-19-2)11(18)14-7-9(15)12-6-8(14)10(16)17/h8H,3-7H2,1-2H3,(H,12,15)(H,16,17). The first-order chi connectivity index (χ1) is 9.01. The largest absolute Gasteiger partial charge is 0.480 e. The van der Waals surface area contributed by atoms with E-state index in [4.69, 9.17) is 9.84 Å². The number of carboxylic acids is 1. The maximum absolute atomic E-state index is 12.2. The molecule has 1 aliphatic heterocycles. The first kappa shape index (κ1) is 15.2. The Morgan fingerprint density at radius 2 is 2.26 bits per heavy atom. The van der Waals surface area contributed by atoms with Crippen molar-refractivity contribution in [2.24, 2.45) is 0 Å². The number of ether oxygens (including phenoxy) is 1. The van der Waals surface area contributed by atoms with Gasteiger partial charge >= 0.3 is 12.0 Å². The van der Waals surface area contributed by atoms with Crippen LogP contribution in [0.15, 0.2) is 0 Å². The zero-order valence-corrected chi connectivity index (χ0v) is 11.1. The number of carbonyl (C=O) groups excluding carboxylic acids is 2. The van der Waals surface area contributed by atoms with Gasteiger partial charge in [-0.2, -0.15) is 0 Å². The van der Waals surface area contributed by atoms with Crippen LogP contribution in [0, 0.1) is 0 Å². The van der Waals surface area contributed by atoms with E-state index in [0.717, 1.165) is 4.90 Å². The molecule has 1 unspecified atom stereocenters. The average Bonchev–Trinajstić information content (AvgIpc) is 2.38. The first-order valence-corrected chi connectivity index (χ1v) is 6.05. The predicted octanol–water partition coefficient (Wildman–Crippen LogP) is -1.04. The predicted molar refractivity (Wildman–Crippen MR) is 65.7 cm³/mol. The zero-order chi connectivity index (χ0) is 14.4. The molecule has 0 aromatic heterocycles. The second kappa shape index (κ2) is 6.93. The van der Waals surface area contributed by atoms with Crippen LogP contribution in [-0.4, -0.2) is 78.8 Å². The molecule has 19 heavy (non-hydrogen) atoms. The number of nitrogens with zero attached hydrogens (tertiary/aromatic N) is 2. The fraction of sp³-hybridized carbons (Fsp3) is 0.727. The topological polar surface area (TPSA) is 99.2 Å². The number of piperazine rings is 1. The smallest absolute Gasteiger partial charge is 0.328 e. The van der Waals surface area contributed by atoms with Gasteiger partial charge in [0, 0.05) is 26.7 Å². The number of aliphatic carboxylic acids is 1. The van der Waals surface area contributed by atoms with Crippen molar-refractivity contribution < 1.29 is 24.2 Å². The second-order valence-electron chi connectivity index (χ2n) is 4.14. The molecule has 1 aliphatic rings. The van der Waals surface area contributed by atoms with Crippen LogP contribution in [0.5, 0.6) is 0 Å². The maximum Gasteiger partial charge on any atom is 0.328 e. The number of nitrogens with one attached hydrogen (secondary N) is 1. The van der Waals surface area contributed by atoms with Gasteiger partial charge in [-0.25, -0.2) is 9.59 Å². The van der Waals surface area contributed by atoms with Crippen LogP contribution in [0.3, 0.4) is 0 Å². The molecule has 1 heterocycles. The fourth-order valence-corrected chi connectivity index (χ4v) is 1.84. The van der Waals surface area contributed by atoms with Crippen LogP contribution in [0.25, 0.3) is 0 Å². The summed E-state index contributed by atoms with van der Waals surface area (Å²) >= 11 is 0. The number of rotatable bonds is 5. The Labute approximate surface area is 111 Å². The van der Waals surface area contributed by atoms with E-state index in [0.29, 0.717) is 19.7 Å². The van der Waals surface area contributed by atoms with Crippen molar-refractivity contribution in [2.45, 2.75) is 13.0 Å². The highest BCUT2D eigenvalue weighted by Crippen LogP contribution is 2.09. The molecule has 0 aromatic carbocycles. The lowest BCUT2D eigenvalue weighted by Gasteiger charge is -2.36.